The zero-order valence-corrected chi connectivity index (χ0v) is 38.9. The number of unbranched alkanes of at least 4 members (excludes halogenated alkanes) is 1. The van der Waals surface area contributed by atoms with Crippen LogP contribution in [0.2, 0.25) is 0 Å². The van der Waals surface area contributed by atoms with Gasteiger partial charge in [0.1, 0.15) is 24.3 Å². The summed E-state index contributed by atoms with van der Waals surface area (Å²) in [5, 5.41) is 36.4. The van der Waals surface area contributed by atoms with E-state index in [0.29, 0.717) is 49.3 Å². The minimum atomic E-state index is -0.832. The first-order valence-corrected chi connectivity index (χ1v) is 23.7. The van der Waals surface area contributed by atoms with E-state index in [4.69, 9.17) is 24.5 Å². The highest BCUT2D eigenvalue weighted by Crippen LogP contribution is 2.44. The van der Waals surface area contributed by atoms with E-state index in [2.05, 4.69) is 35.5 Å². The molecule has 3 aromatic heterocycles. The number of phenols is 1. The molecule has 3 aliphatic rings. The van der Waals surface area contributed by atoms with E-state index in [0.717, 1.165) is 73.0 Å². The lowest BCUT2D eigenvalue weighted by molar-refractivity contribution is -0.141. The number of thiazole rings is 1. The Morgan fingerprint density at radius 1 is 0.970 bits per heavy atom. The third kappa shape index (κ3) is 10.8. The number of nitrogens with two attached hydrogens (primary N) is 1. The van der Waals surface area contributed by atoms with Crippen LogP contribution in [-0.2, 0) is 19.1 Å². The lowest BCUT2D eigenvalue weighted by atomic mass is 9.72. The topological polar surface area (TPSA) is 215 Å². The number of anilines is 2. The minimum absolute atomic E-state index is 0.0459. The van der Waals surface area contributed by atoms with Crippen LogP contribution in [0, 0.1) is 18.3 Å². The Hall–Kier alpha value is -5.66. The van der Waals surface area contributed by atoms with Crippen LogP contribution in [0.3, 0.4) is 0 Å². The van der Waals surface area contributed by atoms with Gasteiger partial charge in [-0.15, -0.1) is 21.5 Å². The Kier molecular flexibility index (Phi) is 14.8. The second-order valence-corrected chi connectivity index (χ2v) is 19.0. The van der Waals surface area contributed by atoms with Crippen LogP contribution in [0.15, 0.2) is 70.7 Å². The number of phenolic OH excluding ortho intramolecular Hbond substituents is 1. The fourth-order valence-corrected chi connectivity index (χ4v) is 10.1. The molecule has 0 aliphatic carbocycles. The standard InChI is InChI=1S/C48H61N9O8S/c1-30(2)43(47(61)57-24-35(58)21-39(57)46(60)51-31(3)33-11-13-34(14-12-33)44-32(4)50-29-66-44)41-23-42(54-65-41)64-20-19-63-18-17-62-16-8-7-15-55-25-48(26-55)27-56(28-48)38-22-37(52-53-45(38)49)36-9-5-6-10-40(36)59/h5-6,9-14,22-23,29-31,35,39,43,58-59H,7-8,15-21,24-28H2,1-4H3,(H2,49,53)(H,51,60)/t31-,35+,39-,43-/m0/s1. The molecule has 4 atom stereocenters. The van der Waals surface area contributed by atoms with Crippen LogP contribution >= 0.6 is 11.3 Å². The van der Waals surface area contributed by atoms with Crippen LogP contribution in [0.25, 0.3) is 21.7 Å². The molecule has 3 saturated heterocycles. The minimum Gasteiger partial charge on any atom is -0.507 e. The summed E-state index contributed by atoms with van der Waals surface area (Å²) in [6, 6.07) is 17.5. The Morgan fingerprint density at radius 3 is 2.44 bits per heavy atom. The van der Waals surface area contributed by atoms with Gasteiger partial charge < -0.3 is 54.7 Å². The van der Waals surface area contributed by atoms with E-state index >= 15 is 0 Å². The summed E-state index contributed by atoms with van der Waals surface area (Å²) in [6.45, 7) is 14.9. The molecule has 5 N–H and O–H groups in total. The lowest BCUT2D eigenvalue weighted by Crippen LogP contribution is -2.72. The number of rotatable bonds is 21. The van der Waals surface area contributed by atoms with Gasteiger partial charge in [-0.1, -0.05) is 50.2 Å². The predicted octanol–water partition coefficient (Wildman–Crippen LogP) is 5.44. The van der Waals surface area contributed by atoms with Gasteiger partial charge in [-0.25, -0.2) is 4.98 Å². The first kappa shape index (κ1) is 46.9. The zero-order chi connectivity index (χ0) is 46.4. The van der Waals surface area contributed by atoms with Gasteiger partial charge in [0.25, 0.3) is 5.88 Å². The fourth-order valence-electron chi connectivity index (χ4n) is 9.33. The molecule has 66 heavy (non-hydrogen) atoms. The van der Waals surface area contributed by atoms with Crippen molar-refractivity contribution in [2.24, 2.45) is 11.3 Å². The van der Waals surface area contributed by atoms with Crippen molar-refractivity contribution in [3.63, 3.8) is 0 Å². The largest absolute Gasteiger partial charge is 0.507 e. The molecule has 352 valence electrons. The van der Waals surface area contributed by atoms with Crippen molar-refractivity contribution in [3.8, 4) is 33.3 Å². The van der Waals surface area contributed by atoms with E-state index in [-0.39, 0.29) is 60.4 Å². The maximum atomic E-state index is 14.1. The molecule has 2 aromatic carbocycles. The van der Waals surface area contributed by atoms with Gasteiger partial charge in [0.2, 0.25) is 11.8 Å². The highest BCUT2D eigenvalue weighted by Gasteiger charge is 2.52. The number of nitrogens with zero attached hydrogens (tertiary/aromatic N) is 7. The molecule has 18 heteroatoms. The first-order valence-electron chi connectivity index (χ1n) is 22.8. The highest BCUT2D eigenvalue weighted by atomic mass is 32.1. The third-order valence-corrected chi connectivity index (χ3v) is 13.7. The summed E-state index contributed by atoms with van der Waals surface area (Å²) >= 11 is 1.59. The van der Waals surface area contributed by atoms with E-state index in [9.17, 15) is 19.8 Å². The summed E-state index contributed by atoms with van der Waals surface area (Å²) in [5.41, 5.74) is 13.4. The summed E-state index contributed by atoms with van der Waals surface area (Å²) in [7, 11) is 0. The lowest BCUT2D eigenvalue weighted by Gasteiger charge is -2.61. The zero-order valence-electron chi connectivity index (χ0n) is 38.1. The number of hydrogen-bond acceptors (Lipinski definition) is 16. The monoisotopic (exact) mass is 923 g/mol. The molecule has 0 unspecified atom stereocenters. The molecule has 0 radical (unpaired) electrons. The second-order valence-electron chi connectivity index (χ2n) is 18.2. The van der Waals surface area contributed by atoms with Gasteiger partial charge in [-0.2, -0.15) is 0 Å². The summed E-state index contributed by atoms with van der Waals surface area (Å²) in [5.74, 6) is -0.414. The molecular weight excluding hydrogens is 863 g/mol. The van der Waals surface area contributed by atoms with Crippen molar-refractivity contribution >= 4 is 34.7 Å². The molecule has 8 rings (SSSR count). The summed E-state index contributed by atoms with van der Waals surface area (Å²) in [6.07, 6.45) is 1.34. The number of aliphatic hydroxyl groups is 1. The molecule has 0 saturated carbocycles. The van der Waals surface area contributed by atoms with E-state index < -0.39 is 18.1 Å². The Balaban J connectivity index is 0.689. The average Bonchev–Trinajstić information content (AvgIpc) is 4.03. The molecule has 1 spiro atoms. The van der Waals surface area contributed by atoms with Crippen molar-refractivity contribution < 1.29 is 38.5 Å². The van der Waals surface area contributed by atoms with Gasteiger partial charge in [0, 0.05) is 62.8 Å². The first-order chi connectivity index (χ1) is 31.9. The average molecular weight is 924 g/mol. The summed E-state index contributed by atoms with van der Waals surface area (Å²) in [4.78, 5) is 39.4. The SMILES string of the molecule is Cc1ncsc1-c1ccc([C@H](C)NC(=O)[C@@H]2C[C@@H](O)CN2C(=O)[C@H](c2cc(OCCOCCOCCCCN3CC4(C3)CN(c3cc(-c5ccccc5O)nnc3N)C4)no2)C(C)C)cc1. The van der Waals surface area contributed by atoms with Crippen molar-refractivity contribution in [2.45, 2.75) is 71.1 Å². The predicted molar refractivity (Wildman–Crippen MR) is 250 cm³/mol. The number of β-amino-alcohol motifs (C(OH)–C–C–N with tert-alkyl or cyclic N) is 1. The number of hydrogen-bond donors (Lipinski definition) is 4. The van der Waals surface area contributed by atoms with Crippen molar-refractivity contribution in [1.29, 1.82) is 0 Å². The van der Waals surface area contributed by atoms with Gasteiger partial charge in [0.05, 0.1) is 59.4 Å². The van der Waals surface area contributed by atoms with E-state index in [1.54, 1.807) is 29.5 Å². The molecule has 3 fully saturated rings. The van der Waals surface area contributed by atoms with Gasteiger partial charge in [-0.05, 0) is 73.6 Å². The Bertz CT molecular complexity index is 2410. The molecule has 0 bridgehead atoms. The maximum Gasteiger partial charge on any atom is 0.254 e. The van der Waals surface area contributed by atoms with Crippen LogP contribution in [-0.4, -0.2) is 137 Å². The number of para-hydroxylation sites is 1. The number of carbonyl (C=O) groups excluding carboxylic acids is 2. The number of nitrogens with one attached hydrogen (secondary N) is 1. The normalized spacial score (nSPS) is 18.9. The van der Waals surface area contributed by atoms with Gasteiger partial charge >= 0.3 is 0 Å². The number of likely N-dealkylation sites (tertiary alicyclic amines) is 2. The number of benzene rings is 2. The van der Waals surface area contributed by atoms with Crippen molar-refractivity contribution in [3.05, 3.63) is 83.2 Å². The molecule has 6 heterocycles. The molecule has 5 aromatic rings. The molecule has 17 nitrogen and oxygen atoms in total. The van der Waals surface area contributed by atoms with Crippen LogP contribution in [0.4, 0.5) is 11.5 Å². The Labute approximate surface area is 389 Å². The highest BCUT2D eigenvalue weighted by molar-refractivity contribution is 7.13. The van der Waals surface area contributed by atoms with Crippen molar-refractivity contribution in [2.75, 3.05) is 82.9 Å². The van der Waals surface area contributed by atoms with E-state index in [1.807, 2.05) is 75.7 Å². The fraction of sp³-hybridized carbons (Fsp3) is 0.500. The number of ether oxygens (including phenoxy) is 3. The summed E-state index contributed by atoms with van der Waals surface area (Å²) < 4.78 is 22.9. The Morgan fingerprint density at radius 2 is 1.71 bits per heavy atom. The van der Waals surface area contributed by atoms with Gasteiger partial charge in [-0.3, -0.25) is 9.59 Å². The maximum absolute atomic E-state index is 14.1. The molecule has 2 amide bonds. The van der Waals surface area contributed by atoms with Gasteiger partial charge in [0.15, 0.2) is 11.6 Å². The number of nitrogen functional groups attached to an aromatic ring is 1. The van der Waals surface area contributed by atoms with Crippen LogP contribution < -0.4 is 20.7 Å². The molecular formula is C48H61N9O8S. The molecule has 3 aliphatic heterocycles. The van der Waals surface area contributed by atoms with Crippen molar-refractivity contribution in [1.82, 2.24) is 35.5 Å². The number of amides is 2. The van der Waals surface area contributed by atoms with Crippen LogP contribution in [0.5, 0.6) is 11.6 Å². The van der Waals surface area contributed by atoms with Crippen LogP contribution in [0.1, 0.15) is 69.0 Å². The number of carbonyl (C=O) groups is 2. The van der Waals surface area contributed by atoms with E-state index in [1.165, 1.54) is 4.90 Å². The third-order valence-electron chi connectivity index (χ3n) is 12.7. The smallest absolute Gasteiger partial charge is 0.254 e. The number of aromatic hydroxyl groups is 1. The quantitative estimate of drug-likeness (QED) is 0.0674. The number of aryl methyl sites for hydroxylation is 1. The number of aliphatic hydroxyl groups excluding tert-OH is 1. The second kappa shape index (κ2) is 20.9. The number of aromatic nitrogens is 4.